The van der Waals surface area contributed by atoms with Crippen LogP contribution in [0.3, 0.4) is 0 Å². The number of nitrogens with two attached hydrogens (primary N) is 1. The number of allylic oxidation sites excluding steroid dienone is 1. The van der Waals surface area contributed by atoms with Gasteiger partial charge in [-0.05, 0) is 24.7 Å². The largest absolute Gasteiger partial charge is 0.450 e. The van der Waals surface area contributed by atoms with Crippen LogP contribution < -0.4 is 11.1 Å². The van der Waals surface area contributed by atoms with E-state index in [9.17, 15) is 14.4 Å². The van der Waals surface area contributed by atoms with Gasteiger partial charge in [-0.1, -0.05) is 38.6 Å². The van der Waals surface area contributed by atoms with Gasteiger partial charge in [-0.25, -0.2) is 9.78 Å². The summed E-state index contributed by atoms with van der Waals surface area (Å²) in [6.07, 6.45) is 1.50. The molecule has 3 N–H and O–H groups in total. The maximum Gasteiger partial charge on any atom is 0.358 e. The minimum Gasteiger partial charge on any atom is -0.450 e. The number of nitrogens with one attached hydrogen (secondary N) is 1. The maximum atomic E-state index is 13.1. The molecule has 2 aliphatic heterocycles. The zero-order valence-electron chi connectivity index (χ0n) is 20.2. The van der Waals surface area contributed by atoms with Crippen LogP contribution in [0, 0.1) is 5.41 Å². The van der Waals surface area contributed by atoms with E-state index in [4.69, 9.17) is 32.3 Å². The number of amides is 2. The van der Waals surface area contributed by atoms with Crippen molar-refractivity contribution in [3.05, 3.63) is 35.0 Å². The Balaban J connectivity index is 1.71. The lowest BCUT2D eigenvalue weighted by Crippen LogP contribution is -2.71. The van der Waals surface area contributed by atoms with Gasteiger partial charge in [0.05, 0.1) is 0 Å². The van der Waals surface area contributed by atoms with Gasteiger partial charge in [-0.2, -0.15) is 0 Å². The van der Waals surface area contributed by atoms with Crippen molar-refractivity contribution in [1.29, 1.82) is 0 Å². The molecule has 36 heavy (non-hydrogen) atoms. The van der Waals surface area contributed by atoms with Gasteiger partial charge in [0.2, 0.25) is 6.79 Å². The van der Waals surface area contributed by atoms with Gasteiger partial charge in [0.1, 0.15) is 29.4 Å². The molecule has 1 aromatic rings. The van der Waals surface area contributed by atoms with Crippen LogP contribution in [0.2, 0.25) is 0 Å². The van der Waals surface area contributed by atoms with Gasteiger partial charge < -0.3 is 25.4 Å². The number of thioether (sulfide) groups is 1. The maximum absolute atomic E-state index is 13.1. The van der Waals surface area contributed by atoms with Crippen molar-refractivity contribution in [3.63, 3.8) is 0 Å². The standard InChI is InChI=1S/C22H27N5O6S3/c1-6-11-8-35-18-14(25-16(28)13(26-33-7-2)12-9-36-21(23)24-12)17(29)27(18)15(11)19(30)31-10-32-20(34)22(3,4)5/h6,9,14,18H,1,7-8,10H2,2-5H3,(H2,23,24)(H,25,28)/t14?,18-/m1/s1. The number of thiazole rings is 1. The molecule has 0 radical (unpaired) electrons. The molecule has 1 saturated heterocycles. The van der Waals surface area contributed by atoms with Crippen molar-refractivity contribution in [2.75, 3.05) is 24.9 Å². The fourth-order valence-electron chi connectivity index (χ4n) is 3.15. The first kappa shape index (κ1) is 27.6. The number of carbonyl (C=O) groups is 3. The van der Waals surface area contributed by atoms with Crippen LogP contribution in [-0.2, 0) is 28.7 Å². The predicted octanol–water partition coefficient (Wildman–Crippen LogP) is 2.20. The summed E-state index contributed by atoms with van der Waals surface area (Å²) in [5.74, 6) is -1.49. The average Bonchev–Trinajstić information content (AvgIpc) is 3.26. The summed E-state index contributed by atoms with van der Waals surface area (Å²) in [5, 5.41) is 8.10. The zero-order chi connectivity index (χ0) is 26.6. The molecule has 1 aromatic heterocycles. The second-order valence-corrected chi connectivity index (χ2v) is 11.0. The van der Waals surface area contributed by atoms with E-state index >= 15 is 0 Å². The number of thiocarbonyl (C=S) groups is 1. The predicted molar refractivity (Wildman–Crippen MR) is 141 cm³/mol. The number of fused-ring (bicyclic) bond motifs is 1. The van der Waals surface area contributed by atoms with E-state index in [1.54, 1.807) is 12.3 Å². The Morgan fingerprint density at radius 3 is 2.72 bits per heavy atom. The highest BCUT2D eigenvalue weighted by Crippen LogP contribution is 2.41. The van der Waals surface area contributed by atoms with E-state index in [2.05, 4.69) is 22.0 Å². The number of rotatable bonds is 9. The van der Waals surface area contributed by atoms with Crippen molar-refractivity contribution >= 4 is 69.0 Å². The van der Waals surface area contributed by atoms with Crippen LogP contribution in [0.5, 0.6) is 0 Å². The highest BCUT2D eigenvalue weighted by Gasteiger charge is 2.54. The SMILES string of the molecule is C=CC1=C(C(=O)OCOC(=S)C(C)(C)C)N2C(=O)C(NC(=O)C(=NOCC)c3csc(N)n3)[C@H]2SC1. The van der Waals surface area contributed by atoms with E-state index in [-0.39, 0.29) is 28.8 Å². The number of nitrogens with zero attached hydrogens (tertiary/aromatic N) is 3. The Bertz CT molecular complexity index is 1140. The summed E-state index contributed by atoms with van der Waals surface area (Å²) in [4.78, 5) is 49.3. The van der Waals surface area contributed by atoms with E-state index in [1.165, 1.54) is 22.7 Å². The minimum atomic E-state index is -0.899. The molecule has 3 rings (SSSR count). The van der Waals surface area contributed by atoms with Gasteiger partial charge in [-0.3, -0.25) is 14.5 Å². The molecular formula is C22H27N5O6S3. The monoisotopic (exact) mass is 553 g/mol. The van der Waals surface area contributed by atoms with Gasteiger partial charge in [0.15, 0.2) is 15.9 Å². The molecule has 2 amide bonds. The van der Waals surface area contributed by atoms with E-state index in [0.29, 0.717) is 16.4 Å². The third kappa shape index (κ3) is 5.87. The lowest BCUT2D eigenvalue weighted by atomic mass is 9.98. The van der Waals surface area contributed by atoms with Crippen molar-refractivity contribution in [2.45, 2.75) is 39.1 Å². The number of hydrogen-bond donors (Lipinski definition) is 2. The number of nitrogen functional groups attached to an aromatic ring is 1. The fraction of sp³-hybridized carbons (Fsp3) is 0.455. The van der Waals surface area contributed by atoms with E-state index in [0.717, 1.165) is 11.3 Å². The second kappa shape index (κ2) is 11.4. The Kier molecular flexibility index (Phi) is 8.74. The summed E-state index contributed by atoms with van der Waals surface area (Å²) in [5.41, 5.74) is 6.00. The molecule has 0 aliphatic carbocycles. The smallest absolute Gasteiger partial charge is 0.358 e. The Morgan fingerprint density at radius 2 is 2.14 bits per heavy atom. The van der Waals surface area contributed by atoms with E-state index in [1.807, 2.05) is 20.8 Å². The second-order valence-electron chi connectivity index (χ2n) is 8.60. The normalized spacial score (nSPS) is 19.7. The number of β-lactam (4-membered cyclic amide) rings is 1. The third-order valence-electron chi connectivity index (χ3n) is 4.98. The number of oxime groups is 1. The van der Waals surface area contributed by atoms with E-state index < -0.39 is 41.4 Å². The Hall–Kier alpha value is -2.97. The minimum absolute atomic E-state index is 0.0602. The summed E-state index contributed by atoms with van der Waals surface area (Å²) in [6, 6.07) is -0.899. The highest BCUT2D eigenvalue weighted by atomic mass is 32.2. The van der Waals surface area contributed by atoms with Gasteiger partial charge in [0, 0.05) is 16.5 Å². The number of ether oxygens (including phenoxy) is 2. The quantitative estimate of drug-likeness (QED) is 0.117. The van der Waals surface area contributed by atoms with Gasteiger partial charge in [-0.15, -0.1) is 23.1 Å². The lowest BCUT2D eigenvalue weighted by molar-refractivity contribution is -0.156. The van der Waals surface area contributed by atoms with Crippen LogP contribution in [0.1, 0.15) is 33.4 Å². The molecule has 0 saturated carbocycles. The first-order valence-electron chi connectivity index (χ1n) is 10.9. The fourth-order valence-corrected chi connectivity index (χ4v) is 5.09. The van der Waals surface area contributed by atoms with Crippen LogP contribution in [-0.4, -0.2) is 69.0 Å². The van der Waals surface area contributed by atoms with Gasteiger partial charge in [0.25, 0.3) is 11.8 Å². The average molecular weight is 554 g/mol. The molecule has 194 valence electrons. The summed E-state index contributed by atoms with van der Waals surface area (Å²) in [7, 11) is 0. The van der Waals surface area contributed by atoms with Crippen LogP contribution in [0.25, 0.3) is 0 Å². The van der Waals surface area contributed by atoms with Crippen molar-refractivity contribution in [2.24, 2.45) is 10.6 Å². The third-order valence-corrected chi connectivity index (χ3v) is 7.69. The Labute approximate surface area is 222 Å². The van der Waals surface area contributed by atoms with Crippen LogP contribution in [0.4, 0.5) is 5.13 Å². The topological polar surface area (TPSA) is 145 Å². The van der Waals surface area contributed by atoms with Gasteiger partial charge >= 0.3 is 5.97 Å². The molecule has 2 atom stereocenters. The molecule has 0 spiro atoms. The van der Waals surface area contributed by atoms with Crippen LogP contribution >= 0.6 is 35.3 Å². The van der Waals surface area contributed by atoms with Crippen molar-refractivity contribution < 1.29 is 28.7 Å². The summed E-state index contributed by atoms with van der Waals surface area (Å²) >= 11 is 7.70. The van der Waals surface area contributed by atoms with Crippen molar-refractivity contribution in [1.82, 2.24) is 15.2 Å². The number of anilines is 1. The molecular weight excluding hydrogens is 526 g/mol. The lowest BCUT2D eigenvalue weighted by Gasteiger charge is -2.49. The summed E-state index contributed by atoms with van der Waals surface area (Å²) in [6.45, 7) is 10.9. The molecule has 11 nitrogen and oxygen atoms in total. The molecule has 1 unspecified atom stereocenters. The zero-order valence-corrected chi connectivity index (χ0v) is 22.7. The first-order valence-corrected chi connectivity index (χ1v) is 13.2. The van der Waals surface area contributed by atoms with Crippen LogP contribution in [0.15, 0.2) is 34.5 Å². The molecule has 0 bridgehead atoms. The molecule has 0 aromatic carbocycles. The highest BCUT2D eigenvalue weighted by molar-refractivity contribution is 8.00. The summed E-state index contributed by atoms with van der Waals surface area (Å²) < 4.78 is 10.6. The van der Waals surface area contributed by atoms with Crippen molar-refractivity contribution in [3.8, 4) is 0 Å². The number of carbonyl (C=O) groups excluding carboxylic acids is 3. The molecule has 2 aliphatic rings. The molecule has 14 heteroatoms. The number of hydrogen-bond acceptors (Lipinski definition) is 12. The number of aromatic nitrogens is 1. The first-order chi connectivity index (χ1) is 17.0. The molecule has 3 heterocycles. The molecule has 1 fully saturated rings. The Morgan fingerprint density at radius 1 is 1.42 bits per heavy atom. The number of esters is 1.